The van der Waals surface area contributed by atoms with Gasteiger partial charge in [-0.05, 0) is 38.7 Å². The number of benzene rings is 1. The van der Waals surface area contributed by atoms with Crippen LogP contribution in [0.2, 0.25) is 0 Å². The second-order valence-electron chi connectivity index (χ2n) is 7.36. The highest BCUT2D eigenvalue weighted by molar-refractivity contribution is 5.81. The molecule has 2 aliphatic heterocycles. The lowest BCUT2D eigenvalue weighted by atomic mass is 10.1. The Morgan fingerprint density at radius 3 is 2.42 bits per heavy atom. The summed E-state index contributed by atoms with van der Waals surface area (Å²) in [5.41, 5.74) is 2.72. The molecule has 0 aliphatic carbocycles. The predicted octanol–water partition coefficient (Wildman–Crippen LogP) is 2.51. The molecule has 2 heterocycles. The van der Waals surface area contributed by atoms with Gasteiger partial charge in [-0.3, -0.25) is 14.6 Å². The molecule has 1 atom stereocenters. The van der Waals surface area contributed by atoms with Crippen molar-refractivity contribution in [3.63, 3.8) is 0 Å². The Balaban J connectivity index is 1.48. The van der Waals surface area contributed by atoms with Gasteiger partial charge < -0.3 is 4.90 Å². The summed E-state index contributed by atoms with van der Waals surface area (Å²) in [6.07, 6.45) is 3.61. The first-order valence-corrected chi connectivity index (χ1v) is 9.44. The first-order chi connectivity index (χ1) is 11.6. The normalized spacial score (nSPS) is 21.7. The van der Waals surface area contributed by atoms with Crippen LogP contribution < -0.4 is 0 Å². The summed E-state index contributed by atoms with van der Waals surface area (Å²) in [4.78, 5) is 19.6. The summed E-state index contributed by atoms with van der Waals surface area (Å²) in [7, 11) is 0. The van der Waals surface area contributed by atoms with Crippen LogP contribution in [0.3, 0.4) is 0 Å². The maximum atomic E-state index is 12.7. The highest BCUT2D eigenvalue weighted by atomic mass is 16.2. The molecule has 4 heteroatoms. The standard InChI is InChI=1S/C20H31N3O/c1-17-7-6-8-19(15-17)16-21-11-13-22(14-12-21)18(2)20(24)23-9-4-3-5-10-23/h6-8,15,18H,3-5,9-14,16H2,1-2H3. The summed E-state index contributed by atoms with van der Waals surface area (Å²) >= 11 is 0. The molecule has 0 bridgehead atoms. The van der Waals surface area contributed by atoms with Gasteiger partial charge in [-0.25, -0.2) is 0 Å². The van der Waals surface area contributed by atoms with Crippen molar-refractivity contribution < 1.29 is 4.79 Å². The van der Waals surface area contributed by atoms with Gasteiger partial charge in [0.2, 0.25) is 5.91 Å². The van der Waals surface area contributed by atoms with E-state index >= 15 is 0 Å². The highest BCUT2D eigenvalue weighted by Gasteiger charge is 2.29. The van der Waals surface area contributed by atoms with Gasteiger partial charge in [-0.1, -0.05) is 29.8 Å². The molecule has 1 unspecified atom stereocenters. The lowest BCUT2D eigenvalue weighted by Gasteiger charge is -2.39. The molecule has 2 saturated heterocycles. The molecule has 0 N–H and O–H groups in total. The fourth-order valence-electron chi connectivity index (χ4n) is 3.91. The number of likely N-dealkylation sites (tertiary alicyclic amines) is 1. The van der Waals surface area contributed by atoms with Gasteiger partial charge in [0.05, 0.1) is 6.04 Å². The minimum atomic E-state index is 0.0317. The van der Waals surface area contributed by atoms with Crippen LogP contribution in [0.15, 0.2) is 24.3 Å². The Hall–Kier alpha value is -1.39. The van der Waals surface area contributed by atoms with E-state index in [4.69, 9.17) is 0 Å². The van der Waals surface area contributed by atoms with E-state index in [0.717, 1.165) is 45.8 Å². The number of amides is 1. The summed E-state index contributed by atoms with van der Waals surface area (Å²) in [5.74, 6) is 0.335. The molecular weight excluding hydrogens is 298 g/mol. The van der Waals surface area contributed by atoms with Crippen LogP contribution in [-0.2, 0) is 11.3 Å². The number of hydrogen-bond donors (Lipinski definition) is 0. The molecule has 132 valence electrons. The van der Waals surface area contributed by atoms with Gasteiger partial charge in [0.15, 0.2) is 0 Å². The molecule has 2 fully saturated rings. The van der Waals surface area contributed by atoms with Crippen molar-refractivity contribution >= 4 is 5.91 Å². The first kappa shape index (κ1) is 17.4. The number of rotatable bonds is 4. The van der Waals surface area contributed by atoms with Crippen LogP contribution in [0.1, 0.15) is 37.3 Å². The summed E-state index contributed by atoms with van der Waals surface area (Å²) < 4.78 is 0. The third-order valence-electron chi connectivity index (χ3n) is 5.47. The molecule has 0 aromatic heterocycles. The Labute approximate surface area is 146 Å². The third-order valence-corrected chi connectivity index (χ3v) is 5.47. The monoisotopic (exact) mass is 329 g/mol. The first-order valence-electron chi connectivity index (χ1n) is 9.44. The van der Waals surface area contributed by atoms with E-state index < -0.39 is 0 Å². The SMILES string of the molecule is Cc1cccc(CN2CCN(C(C)C(=O)N3CCCCC3)CC2)c1. The van der Waals surface area contributed by atoms with E-state index in [1.165, 1.54) is 30.4 Å². The van der Waals surface area contributed by atoms with E-state index in [2.05, 4.69) is 52.8 Å². The lowest BCUT2D eigenvalue weighted by molar-refractivity contribution is -0.138. The van der Waals surface area contributed by atoms with Crippen LogP contribution >= 0.6 is 0 Å². The van der Waals surface area contributed by atoms with Gasteiger partial charge in [0.1, 0.15) is 0 Å². The maximum absolute atomic E-state index is 12.7. The molecule has 1 aromatic carbocycles. The van der Waals surface area contributed by atoms with Crippen molar-refractivity contribution in [2.24, 2.45) is 0 Å². The van der Waals surface area contributed by atoms with E-state index in [1.54, 1.807) is 0 Å². The van der Waals surface area contributed by atoms with E-state index in [-0.39, 0.29) is 6.04 Å². The van der Waals surface area contributed by atoms with Gasteiger partial charge in [0, 0.05) is 45.8 Å². The lowest BCUT2D eigenvalue weighted by Crippen LogP contribution is -2.54. The number of carbonyl (C=O) groups is 1. The molecule has 3 rings (SSSR count). The van der Waals surface area contributed by atoms with Crippen LogP contribution in [0.25, 0.3) is 0 Å². The maximum Gasteiger partial charge on any atom is 0.239 e. The van der Waals surface area contributed by atoms with Gasteiger partial charge in [-0.15, -0.1) is 0 Å². The van der Waals surface area contributed by atoms with Crippen LogP contribution in [-0.4, -0.2) is 65.9 Å². The van der Waals surface area contributed by atoms with Crippen molar-refractivity contribution in [1.29, 1.82) is 0 Å². The topological polar surface area (TPSA) is 26.8 Å². The third kappa shape index (κ3) is 4.37. The average molecular weight is 329 g/mol. The molecule has 2 aliphatic rings. The molecule has 1 aromatic rings. The zero-order valence-corrected chi connectivity index (χ0v) is 15.2. The second kappa shape index (κ2) is 8.13. The number of aryl methyl sites for hydroxylation is 1. The summed E-state index contributed by atoms with van der Waals surface area (Å²) in [6.45, 7) is 11.2. The highest BCUT2D eigenvalue weighted by Crippen LogP contribution is 2.15. The van der Waals surface area contributed by atoms with E-state index in [9.17, 15) is 4.79 Å². The van der Waals surface area contributed by atoms with Gasteiger partial charge >= 0.3 is 0 Å². The molecule has 0 spiro atoms. The van der Waals surface area contributed by atoms with Crippen molar-refractivity contribution in [2.45, 2.75) is 45.7 Å². The molecule has 1 amide bonds. The number of piperidine rings is 1. The molecule has 0 saturated carbocycles. The number of hydrogen-bond acceptors (Lipinski definition) is 3. The predicted molar refractivity (Wildman–Crippen MR) is 97.9 cm³/mol. The Morgan fingerprint density at radius 2 is 1.75 bits per heavy atom. The molecule has 0 radical (unpaired) electrons. The van der Waals surface area contributed by atoms with Crippen molar-refractivity contribution in [3.05, 3.63) is 35.4 Å². The van der Waals surface area contributed by atoms with Crippen molar-refractivity contribution in [2.75, 3.05) is 39.3 Å². The number of carbonyl (C=O) groups excluding carboxylic acids is 1. The molecule has 24 heavy (non-hydrogen) atoms. The van der Waals surface area contributed by atoms with Crippen molar-refractivity contribution in [1.82, 2.24) is 14.7 Å². The molecule has 4 nitrogen and oxygen atoms in total. The summed E-state index contributed by atoms with van der Waals surface area (Å²) in [5, 5.41) is 0. The Kier molecular flexibility index (Phi) is 5.90. The van der Waals surface area contributed by atoms with Crippen LogP contribution in [0, 0.1) is 6.92 Å². The number of nitrogens with zero attached hydrogens (tertiary/aromatic N) is 3. The minimum absolute atomic E-state index is 0.0317. The van der Waals surface area contributed by atoms with Crippen LogP contribution in [0.5, 0.6) is 0 Å². The summed E-state index contributed by atoms with van der Waals surface area (Å²) in [6, 6.07) is 8.80. The smallest absolute Gasteiger partial charge is 0.239 e. The largest absolute Gasteiger partial charge is 0.341 e. The Bertz CT molecular complexity index is 546. The average Bonchev–Trinajstić information content (AvgIpc) is 2.62. The fraction of sp³-hybridized carbons (Fsp3) is 0.650. The quantitative estimate of drug-likeness (QED) is 0.849. The van der Waals surface area contributed by atoms with Crippen LogP contribution in [0.4, 0.5) is 0 Å². The number of piperazine rings is 1. The second-order valence-corrected chi connectivity index (χ2v) is 7.36. The fourth-order valence-corrected chi connectivity index (χ4v) is 3.91. The van der Waals surface area contributed by atoms with Gasteiger partial charge in [0.25, 0.3) is 0 Å². The molecular formula is C20H31N3O. The zero-order chi connectivity index (χ0) is 16.9. The minimum Gasteiger partial charge on any atom is -0.341 e. The van der Waals surface area contributed by atoms with Crippen molar-refractivity contribution in [3.8, 4) is 0 Å². The van der Waals surface area contributed by atoms with Gasteiger partial charge in [-0.2, -0.15) is 0 Å². The zero-order valence-electron chi connectivity index (χ0n) is 15.2. The van der Waals surface area contributed by atoms with E-state index in [0.29, 0.717) is 5.91 Å². The van der Waals surface area contributed by atoms with E-state index in [1.807, 2.05) is 0 Å². The Morgan fingerprint density at radius 1 is 1.04 bits per heavy atom.